The third-order valence-electron chi connectivity index (χ3n) is 3.53. The van der Waals surface area contributed by atoms with Crippen LogP contribution in [0.15, 0.2) is 48.8 Å². The fourth-order valence-electron chi connectivity index (χ4n) is 2.20. The molecule has 0 aliphatic heterocycles. The van der Waals surface area contributed by atoms with Gasteiger partial charge in [-0.1, -0.05) is 35.1 Å². The Balaban J connectivity index is 1.64. The molecule has 0 saturated heterocycles. The average Bonchev–Trinajstić information content (AvgIpc) is 3.02. The smallest absolute Gasteiger partial charge is 0.263 e. The molecular weight excluding hydrogens is 372 g/mol. The van der Waals surface area contributed by atoms with Gasteiger partial charge in [0.2, 0.25) is 0 Å². The third-order valence-corrected chi connectivity index (χ3v) is 4.86. The molecule has 26 heavy (non-hydrogen) atoms. The summed E-state index contributed by atoms with van der Waals surface area (Å²) in [4.78, 5) is 33.1. The van der Waals surface area contributed by atoms with Crippen LogP contribution in [0.3, 0.4) is 0 Å². The Labute approximate surface area is 159 Å². The predicted molar refractivity (Wildman–Crippen MR) is 102 cm³/mol. The van der Waals surface area contributed by atoms with Gasteiger partial charge >= 0.3 is 0 Å². The molecule has 3 rings (SSSR count). The number of anilines is 1. The number of hydrogen-bond acceptors (Lipinski definition) is 5. The highest BCUT2D eigenvalue weighted by atomic mass is 35.5. The standard InChI is InChI=1S/C18H15ClN4O2S/c1-11-15(17(25)21-10-12-2-4-14(19)5-3-12)26-18(22-11)23-16(24)13-6-8-20-9-7-13/h2-9H,10H2,1H3,(H,21,25)(H,22,23,24). The number of carbonyl (C=O) groups excluding carboxylic acids is 2. The van der Waals surface area contributed by atoms with Crippen molar-refractivity contribution >= 4 is 39.9 Å². The fourth-order valence-corrected chi connectivity index (χ4v) is 3.20. The minimum atomic E-state index is -0.297. The van der Waals surface area contributed by atoms with Gasteiger partial charge in [0.1, 0.15) is 4.88 Å². The average molecular weight is 387 g/mol. The summed E-state index contributed by atoms with van der Waals surface area (Å²) in [5, 5.41) is 6.56. The number of hydrogen-bond donors (Lipinski definition) is 2. The lowest BCUT2D eigenvalue weighted by Crippen LogP contribution is -2.22. The monoisotopic (exact) mass is 386 g/mol. The van der Waals surface area contributed by atoms with E-state index in [9.17, 15) is 9.59 Å². The minimum absolute atomic E-state index is 0.237. The van der Waals surface area contributed by atoms with Crippen molar-refractivity contribution in [3.8, 4) is 0 Å². The van der Waals surface area contributed by atoms with Gasteiger partial charge in [-0.15, -0.1) is 0 Å². The van der Waals surface area contributed by atoms with E-state index >= 15 is 0 Å². The first-order chi connectivity index (χ1) is 12.5. The molecular formula is C18H15ClN4O2S. The zero-order valence-corrected chi connectivity index (χ0v) is 15.4. The van der Waals surface area contributed by atoms with Gasteiger partial charge in [0.15, 0.2) is 5.13 Å². The number of aromatic nitrogens is 2. The molecule has 6 nitrogen and oxygen atoms in total. The molecule has 0 spiro atoms. The van der Waals surface area contributed by atoms with Crippen LogP contribution in [0.1, 0.15) is 31.3 Å². The van der Waals surface area contributed by atoms with Crippen LogP contribution in [-0.2, 0) is 6.54 Å². The second-order valence-electron chi connectivity index (χ2n) is 5.43. The first-order valence-electron chi connectivity index (χ1n) is 7.74. The maximum atomic E-state index is 12.4. The van der Waals surface area contributed by atoms with E-state index < -0.39 is 0 Å². The summed E-state index contributed by atoms with van der Waals surface area (Å²) in [5.41, 5.74) is 1.98. The highest BCUT2D eigenvalue weighted by Crippen LogP contribution is 2.23. The van der Waals surface area contributed by atoms with Gasteiger partial charge in [0.25, 0.3) is 11.8 Å². The molecule has 0 radical (unpaired) electrons. The first kappa shape index (κ1) is 18.0. The summed E-state index contributed by atoms with van der Waals surface area (Å²) in [6.07, 6.45) is 3.08. The van der Waals surface area contributed by atoms with Gasteiger partial charge in [-0.2, -0.15) is 0 Å². The number of nitrogens with zero attached hydrogens (tertiary/aromatic N) is 2. The van der Waals surface area contributed by atoms with E-state index in [2.05, 4.69) is 20.6 Å². The molecule has 2 N–H and O–H groups in total. The van der Waals surface area contributed by atoms with Crippen LogP contribution in [0.5, 0.6) is 0 Å². The molecule has 3 aromatic rings. The van der Waals surface area contributed by atoms with E-state index in [-0.39, 0.29) is 11.8 Å². The first-order valence-corrected chi connectivity index (χ1v) is 8.94. The van der Waals surface area contributed by atoms with Crippen LogP contribution in [0.2, 0.25) is 5.02 Å². The molecule has 1 aromatic carbocycles. The van der Waals surface area contributed by atoms with E-state index in [0.717, 1.165) is 16.9 Å². The Hall–Kier alpha value is -2.77. The summed E-state index contributed by atoms with van der Waals surface area (Å²) in [6, 6.07) is 10.5. The quantitative estimate of drug-likeness (QED) is 0.700. The van der Waals surface area contributed by atoms with E-state index in [4.69, 9.17) is 11.6 Å². The Kier molecular flexibility index (Phi) is 5.60. The van der Waals surface area contributed by atoms with Crippen molar-refractivity contribution in [3.63, 3.8) is 0 Å². The Morgan fingerprint density at radius 1 is 1.08 bits per heavy atom. The summed E-state index contributed by atoms with van der Waals surface area (Å²) in [7, 11) is 0. The van der Waals surface area contributed by atoms with Crippen LogP contribution in [0.4, 0.5) is 5.13 Å². The van der Waals surface area contributed by atoms with Crippen LogP contribution in [0.25, 0.3) is 0 Å². The maximum Gasteiger partial charge on any atom is 0.263 e. The lowest BCUT2D eigenvalue weighted by atomic mass is 10.2. The van der Waals surface area contributed by atoms with Crippen molar-refractivity contribution in [1.82, 2.24) is 15.3 Å². The van der Waals surface area contributed by atoms with Crippen molar-refractivity contribution in [2.24, 2.45) is 0 Å². The number of pyridine rings is 1. The number of benzene rings is 1. The minimum Gasteiger partial charge on any atom is -0.347 e. The largest absolute Gasteiger partial charge is 0.347 e. The summed E-state index contributed by atoms with van der Waals surface area (Å²) >= 11 is 6.98. The molecule has 0 aliphatic carbocycles. The molecule has 0 unspecified atom stereocenters. The zero-order chi connectivity index (χ0) is 18.5. The van der Waals surface area contributed by atoms with Crippen LogP contribution >= 0.6 is 22.9 Å². The summed E-state index contributed by atoms with van der Waals surface area (Å²) < 4.78 is 0. The van der Waals surface area contributed by atoms with Crippen LogP contribution in [-0.4, -0.2) is 21.8 Å². The van der Waals surface area contributed by atoms with Crippen molar-refractivity contribution in [1.29, 1.82) is 0 Å². The van der Waals surface area contributed by atoms with Gasteiger partial charge in [0.05, 0.1) is 5.69 Å². The topological polar surface area (TPSA) is 84.0 Å². The molecule has 0 fully saturated rings. The molecule has 2 aromatic heterocycles. The number of carbonyl (C=O) groups is 2. The molecule has 0 aliphatic rings. The number of thiazole rings is 1. The zero-order valence-electron chi connectivity index (χ0n) is 13.8. The molecule has 0 atom stereocenters. The van der Waals surface area contributed by atoms with Gasteiger partial charge < -0.3 is 5.32 Å². The normalized spacial score (nSPS) is 10.4. The van der Waals surface area contributed by atoms with Crippen molar-refractivity contribution < 1.29 is 9.59 Å². The van der Waals surface area contributed by atoms with Gasteiger partial charge in [0, 0.05) is 29.5 Å². The second kappa shape index (κ2) is 8.07. The summed E-state index contributed by atoms with van der Waals surface area (Å²) in [5.74, 6) is -0.534. The lowest BCUT2D eigenvalue weighted by molar-refractivity contribution is 0.0953. The van der Waals surface area contributed by atoms with E-state index in [0.29, 0.717) is 32.8 Å². The molecule has 2 heterocycles. The molecule has 2 amide bonds. The van der Waals surface area contributed by atoms with Gasteiger partial charge in [-0.25, -0.2) is 4.98 Å². The second-order valence-corrected chi connectivity index (χ2v) is 6.87. The lowest BCUT2D eigenvalue weighted by Gasteiger charge is -2.04. The SMILES string of the molecule is Cc1nc(NC(=O)c2ccncc2)sc1C(=O)NCc1ccc(Cl)cc1. The van der Waals surface area contributed by atoms with Crippen molar-refractivity contribution in [3.05, 3.63) is 75.5 Å². The number of aryl methyl sites for hydroxylation is 1. The van der Waals surface area contributed by atoms with Crippen molar-refractivity contribution in [2.45, 2.75) is 13.5 Å². The number of nitrogens with one attached hydrogen (secondary N) is 2. The number of rotatable bonds is 5. The molecule has 8 heteroatoms. The number of amides is 2. The van der Waals surface area contributed by atoms with E-state index in [1.807, 2.05) is 12.1 Å². The van der Waals surface area contributed by atoms with E-state index in [1.54, 1.807) is 31.2 Å². The predicted octanol–water partition coefficient (Wildman–Crippen LogP) is 3.68. The molecule has 132 valence electrons. The highest BCUT2D eigenvalue weighted by Gasteiger charge is 2.17. The fraction of sp³-hybridized carbons (Fsp3) is 0.111. The van der Waals surface area contributed by atoms with Gasteiger partial charge in [-0.05, 0) is 36.8 Å². The Morgan fingerprint density at radius 3 is 2.46 bits per heavy atom. The Morgan fingerprint density at radius 2 is 1.77 bits per heavy atom. The van der Waals surface area contributed by atoms with Crippen molar-refractivity contribution in [2.75, 3.05) is 5.32 Å². The maximum absolute atomic E-state index is 12.4. The Bertz CT molecular complexity index is 926. The molecule has 0 bridgehead atoms. The van der Waals surface area contributed by atoms with E-state index in [1.165, 1.54) is 12.4 Å². The van der Waals surface area contributed by atoms with Crippen LogP contribution < -0.4 is 10.6 Å². The summed E-state index contributed by atoms with van der Waals surface area (Å²) in [6.45, 7) is 2.11. The molecule has 0 saturated carbocycles. The third kappa shape index (κ3) is 4.44. The number of halogens is 1. The van der Waals surface area contributed by atoms with Gasteiger partial charge in [-0.3, -0.25) is 19.9 Å². The highest BCUT2D eigenvalue weighted by molar-refractivity contribution is 7.17. The van der Waals surface area contributed by atoms with Crippen LogP contribution in [0, 0.1) is 6.92 Å².